The molecule has 0 fully saturated rings. The number of anilines is 1. The van der Waals surface area contributed by atoms with E-state index in [9.17, 15) is 9.59 Å². The van der Waals surface area contributed by atoms with Gasteiger partial charge in [0.05, 0.1) is 12.1 Å². The predicted molar refractivity (Wildman–Crippen MR) is 80.2 cm³/mol. The molecule has 0 saturated carbocycles. The Morgan fingerprint density at radius 2 is 1.75 bits per heavy atom. The van der Waals surface area contributed by atoms with Gasteiger partial charge in [-0.25, -0.2) is 0 Å². The standard InChI is InChI=1S/C15H23N3O2/c1-4-15(16,5-2)14(20)18(3)11-13(19)17-12-9-7-6-8-10-12/h6-10H,4-5,11,16H2,1-3H3,(H,17,19). The predicted octanol–water partition coefficient (Wildman–Crippen LogP) is 1.60. The van der Waals surface area contributed by atoms with Crippen LogP contribution in [0.1, 0.15) is 26.7 Å². The number of amides is 2. The van der Waals surface area contributed by atoms with Crippen molar-refractivity contribution in [2.75, 3.05) is 18.9 Å². The van der Waals surface area contributed by atoms with E-state index in [1.54, 1.807) is 19.2 Å². The number of nitrogens with one attached hydrogen (secondary N) is 1. The summed E-state index contributed by atoms with van der Waals surface area (Å²) in [5, 5.41) is 2.74. The summed E-state index contributed by atoms with van der Waals surface area (Å²) in [6.45, 7) is 3.74. The van der Waals surface area contributed by atoms with Gasteiger partial charge in [0.1, 0.15) is 0 Å². The Hall–Kier alpha value is -1.88. The van der Waals surface area contributed by atoms with Crippen molar-refractivity contribution in [3.05, 3.63) is 30.3 Å². The van der Waals surface area contributed by atoms with Crippen LogP contribution in [0.5, 0.6) is 0 Å². The van der Waals surface area contributed by atoms with E-state index in [4.69, 9.17) is 5.73 Å². The first-order valence-electron chi connectivity index (χ1n) is 6.82. The summed E-state index contributed by atoms with van der Waals surface area (Å²) >= 11 is 0. The molecule has 3 N–H and O–H groups in total. The first-order valence-corrected chi connectivity index (χ1v) is 6.82. The molecule has 0 radical (unpaired) electrons. The highest BCUT2D eigenvalue weighted by atomic mass is 16.2. The number of benzene rings is 1. The van der Waals surface area contributed by atoms with Gasteiger partial charge in [0.2, 0.25) is 11.8 Å². The zero-order valence-electron chi connectivity index (χ0n) is 12.3. The van der Waals surface area contributed by atoms with Crippen molar-refractivity contribution in [3.8, 4) is 0 Å². The monoisotopic (exact) mass is 277 g/mol. The van der Waals surface area contributed by atoms with Crippen LogP contribution < -0.4 is 11.1 Å². The van der Waals surface area contributed by atoms with Gasteiger partial charge in [-0.2, -0.15) is 0 Å². The number of rotatable bonds is 6. The van der Waals surface area contributed by atoms with Gasteiger partial charge in [0.25, 0.3) is 0 Å². The van der Waals surface area contributed by atoms with Crippen LogP contribution in [0.4, 0.5) is 5.69 Å². The Bertz CT molecular complexity index is 455. The van der Waals surface area contributed by atoms with E-state index in [1.807, 2.05) is 32.0 Å². The molecule has 1 aromatic carbocycles. The molecular formula is C15H23N3O2. The lowest BCUT2D eigenvalue weighted by Crippen LogP contribution is -2.54. The molecule has 1 aromatic rings. The second kappa shape index (κ2) is 7.05. The molecule has 0 aliphatic carbocycles. The number of para-hydroxylation sites is 1. The quantitative estimate of drug-likeness (QED) is 0.829. The van der Waals surface area contributed by atoms with Gasteiger partial charge in [-0.1, -0.05) is 32.0 Å². The summed E-state index contributed by atoms with van der Waals surface area (Å²) in [4.78, 5) is 25.5. The molecule has 0 aliphatic heterocycles. The fraction of sp³-hybridized carbons (Fsp3) is 0.467. The summed E-state index contributed by atoms with van der Waals surface area (Å²) in [7, 11) is 1.60. The van der Waals surface area contributed by atoms with E-state index in [1.165, 1.54) is 4.90 Å². The number of likely N-dealkylation sites (N-methyl/N-ethyl adjacent to an activating group) is 1. The van der Waals surface area contributed by atoms with Crippen molar-refractivity contribution in [2.24, 2.45) is 5.73 Å². The van der Waals surface area contributed by atoms with E-state index in [0.717, 1.165) is 0 Å². The lowest BCUT2D eigenvalue weighted by atomic mass is 9.92. The number of hydrogen-bond donors (Lipinski definition) is 2. The molecule has 2 amide bonds. The molecule has 110 valence electrons. The lowest BCUT2D eigenvalue weighted by molar-refractivity contribution is -0.138. The van der Waals surface area contributed by atoms with E-state index < -0.39 is 5.54 Å². The Balaban J connectivity index is 2.60. The van der Waals surface area contributed by atoms with Gasteiger partial charge in [-0.3, -0.25) is 9.59 Å². The van der Waals surface area contributed by atoms with Gasteiger partial charge in [0.15, 0.2) is 0 Å². The summed E-state index contributed by atoms with van der Waals surface area (Å²) in [5.74, 6) is -0.438. The molecule has 0 bridgehead atoms. The summed E-state index contributed by atoms with van der Waals surface area (Å²) in [5.41, 5.74) is 5.87. The summed E-state index contributed by atoms with van der Waals surface area (Å²) in [6.07, 6.45) is 1.10. The second-order valence-corrected chi connectivity index (χ2v) is 4.94. The van der Waals surface area contributed by atoms with Gasteiger partial charge in [-0.05, 0) is 25.0 Å². The first kappa shape index (κ1) is 16.2. The van der Waals surface area contributed by atoms with Crippen molar-refractivity contribution >= 4 is 17.5 Å². The number of carbonyl (C=O) groups is 2. The molecule has 5 heteroatoms. The molecule has 0 aliphatic rings. The molecule has 0 unspecified atom stereocenters. The minimum Gasteiger partial charge on any atom is -0.335 e. The topological polar surface area (TPSA) is 75.4 Å². The molecule has 5 nitrogen and oxygen atoms in total. The fourth-order valence-corrected chi connectivity index (χ4v) is 1.94. The van der Waals surface area contributed by atoms with Crippen LogP contribution >= 0.6 is 0 Å². The number of nitrogens with zero attached hydrogens (tertiary/aromatic N) is 1. The normalized spacial score (nSPS) is 11.0. The highest BCUT2D eigenvalue weighted by Crippen LogP contribution is 2.14. The molecule has 0 heterocycles. The minimum atomic E-state index is -0.887. The van der Waals surface area contributed by atoms with Crippen molar-refractivity contribution in [3.63, 3.8) is 0 Å². The van der Waals surface area contributed by atoms with Crippen molar-refractivity contribution < 1.29 is 9.59 Å². The van der Waals surface area contributed by atoms with Crippen LogP contribution in [0, 0.1) is 0 Å². The molecule has 0 saturated heterocycles. The highest BCUT2D eigenvalue weighted by molar-refractivity contribution is 5.96. The van der Waals surface area contributed by atoms with Gasteiger partial charge >= 0.3 is 0 Å². The Morgan fingerprint density at radius 1 is 1.20 bits per heavy atom. The Labute approximate surface area is 120 Å². The molecule has 1 rings (SSSR count). The van der Waals surface area contributed by atoms with Gasteiger partial charge in [-0.15, -0.1) is 0 Å². The highest BCUT2D eigenvalue weighted by Gasteiger charge is 2.33. The van der Waals surface area contributed by atoms with E-state index in [-0.39, 0.29) is 18.4 Å². The van der Waals surface area contributed by atoms with Crippen LogP contribution in [0.2, 0.25) is 0 Å². The molecule has 20 heavy (non-hydrogen) atoms. The maximum atomic E-state index is 12.2. The fourth-order valence-electron chi connectivity index (χ4n) is 1.94. The van der Waals surface area contributed by atoms with Gasteiger partial charge in [0, 0.05) is 12.7 Å². The Kier molecular flexibility index (Phi) is 5.70. The summed E-state index contributed by atoms with van der Waals surface area (Å²) in [6, 6.07) is 9.14. The number of carbonyl (C=O) groups excluding carboxylic acids is 2. The Morgan fingerprint density at radius 3 is 2.25 bits per heavy atom. The second-order valence-electron chi connectivity index (χ2n) is 4.94. The van der Waals surface area contributed by atoms with Crippen LogP contribution in [-0.2, 0) is 9.59 Å². The van der Waals surface area contributed by atoms with Crippen LogP contribution in [0.15, 0.2) is 30.3 Å². The third-order valence-electron chi connectivity index (χ3n) is 3.47. The van der Waals surface area contributed by atoms with Gasteiger partial charge < -0.3 is 16.0 Å². The largest absolute Gasteiger partial charge is 0.335 e. The SMILES string of the molecule is CCC(N)(CC)C(=O)N(C)CC(=O)Nc1ccccc1. The maximum absolute atomic E-state index is 12.2. The van der Waals surface area contributed by atoms with Crippen LogP contribution in [-0.4, -0.2) is 35.8 Å². The average molecular weight is 277 g/mol. The molecule has 0 atom stereocenters. The third-order valence-corrected chi connectivity index (χ3v) is 3.47. The van der Waals surface area contributed by atoms with E-state index >= 15 is 0 Å². The zero-order chi connectivity index (χ0) is 15.2. The van der Waals surface area contributed by atoms with Crippen LogP contribution in [0.3, 0.4) is 0 Å². The molecular weight excluding hydrogens is 254 g/mol. The van der Waals surface area contributed by atoms with Crippen molar-refractivity contribution in [1.29, 1.82) is 0 Å². The third kappa shape index (κ3) is 4.06. The van der Waals surface area contributed by atoms with Crippen molar-refractivity contribution in [1.82, 2.24) is 4.90 Å². The van der Waals surface area contributed by atoms with Crippen molar-refractivity contribution in [2.45, 2.75) is 32.2 Å². The smallest absolute Gasteiger partial charge is 0.243 e. The van der Waals surface area contributed by atoms with Crippen LogP contribution in [0.25, 0.3) is 0 Å². The molecule has 0 aromatic heterocycles. The lowest BCUT2D eigenvalue weighted by Gasteiger charge is -2.30. The molecule has 0 spiro atoms. The average Bonchev–Trinajstić information content (AvgIpc) is 2.46. The zero-order valence-corrected chi connectivity index (χ0v) is 12.3. The summed E-state index contributed by atoms with van der Waals surface area (Å²) < 4.78 is 0. The number of nitrogens with two attached hydrogens (primary N) is 1. The number of hydrogen-bond acceptors (Lipinski definition) is 3. The minimum absolute atomic E-state index is 0.00726. The maximum Gasteiger partial charge on any atom is 0.243 e. The van der Waals surface area contributed by atoms with E-state index in [0.29, 0.717) is 18.5 Å². The first-order chi connectivity index (χ1) is 9.42. The van der Waals surface area contributed by atoms with E-state index in [2.05, 4.69) is 5.32 Å².